The minimum absolute atomic E-state index is 0.108. The largest absolute Gasteiger partial charge is 0.487 e. The number of benzene rings is 2. The summed E-state index contributed by atoms with van der Waals surface area (Å²) < 4.78 is 35.0. The Balaban J connectivity index is 1.59. The van der Waals surface area contributed by atoms with Crippen LogP contribution in [0.25, 0.3) is 0 Å². The molecule has 1 heterocycles. The minimum Gasteiger partial charge on any atom is -0.487 e. The molecule has 2 aromatic carbocycles. The Morgan fingerprint density at radius 2 is 1.83 bits per heavy atom. The van der Waals surface area contributed by atoms with E-state index in [0.29, 0.717) is 12.3 Å². The Kier molecular flexibility index (Phi) is 9.80. The van der Waals surface area contributed by atoms with Crippen LogP contribution in [0.15, 0.2) is 47.4 Å². The van der Waals surface area contributed by atoms with Crippen molar-refractivity contribution in [3.05, 3.63) is 53.6 Å². The molecule has 1 aliphatic carbocycles. The topological polar surface area (TPSA) is 128 Å². The summed E-state index contributed by atoms with van der Waals surface area (Å²) in [5.41, 5.74) is 1.33. The third-order valence-corrected chi connectivity index (χ3v) is 9.38. The van der Waals surface area contributed by atoms with Crippen molar-refractivity contribution in [3.8, 4) is 5.75 Å². The number of carbonyl (C=O) groups excluding carboxylic acids is 2. The van der Waals surface area contributed by atoms with Gasteiger partial charge in [0.1, 0.15) is 11.9 Å². The second-order valence-corrected chi connectivity index (χ2v) is 13.1. The number of hydrogen-bond donors (Lipinski definition) is 3. The third kappa shape index (κ3) is 7.51. The first-order chi connectivity index (χ1) is 19.5. The van der Waals surface area contributed by atoms with Crippen LogP contribution in [0, 0.1) is 12.8 Å². The van der Waals surface area contributed by atoms with Gasteiger partial charge in [-0.15, -0.1) is 0 Å². The number of ether oxygens (including phenoxy) is 1. The molecule has 0 aromatic heterocycles. The van der Waals surface area contributed by atoms with Gasteiger partial charge in [-0.25, -0.2) is 13.2 Å². The molecule has 0 bridgehead atoms. The number of sulfonamides is 1. The van der Waals surface area contributed by atoms with Crippen molar-refractivity contribution in [3.63, 3.8) is 0 Å². The van der Waals surface area contributed by atoms with Crippen molar-refractivity contribution in [2.75, 3.05) is 31.5 Å². The van der Waals surface area contributed by atoms with Crippen molar-refractivity contribution in [2.24, 2.45) is 5.92 Å². The second-order valence-electron chi connectivity index (χ2n) is 11.4. The lowest BCUT2D eigenvalue weighted by Crippen LogP contribution is -2.52. The number of aryl methyl sites for hydroxylation is 1. The van der Waals surface area contributed by atoms with E-state index in [-0.39, 0.29) is 53.2 Å². The summed E-state index contributed by atoms with van der Waals surface area (Å²) in [5, 5.41) is 13.0. The summed E-state index contributed by atoms with van der Waals surface area (Å²) in [6.45, 7) is 5.94. The highest BCUT2D eigenvalue weighted by Crippen LogP contribution is 2.31. The van der Waals surface area contributed by atoms with Gasteiger partial charge in [-0.2, -0.15) is 0 Å². The normalized spacial score (nSPS) is 20.7. The van der Waals surface area contributed by atoms with E-state index < -0.39 is 22.2 Å². The molecule has 0 unspecified atom stereocenters. The minimum atomic E-state index is -3.89. The standard InChI is InChI=1S/C30H42N4O6S/c1-20-10-13-25(14-11-20)41(38,39)32-24-12-15-27-26(16-24)29(36)34(22(3)19-35)17-21(2)28(40-27)18-33(4)30(37)31-23-8-6-5-7-9-23/h10-16,21-23,28,32,35H,5-9,17-19H2,1-4H3,(H,31,37)/t21-,22-,28-/m0/s1. The zero-order chi connectivity index (χ0) is 29.7. The highest BCUT2D eigenvalue weighted by Gasteiger charge is 2.34. The van der Waals surface area contributed by atoms with Gasteiger partial charge in [0.2, 0.25) is 0 Å². The number of rotatable bonds is 8. The monoisotopic (exact) mass is 586 g/mol. The zero-order valence-corrected chi connectivity index (χ0v) is 25.1. The summed E-state index contributed by atoms with van der Waals surface area (Å²) in [6, 6.07) is 10.6. The Hall–Kier alpha value is -3.31. The van der Waals surface area contributed by atoms with E-state index in [1.54, 1.807) is 48.0 Å². The van der Waals surface area contributed by atoms with E-state index in [2.05, 4.69) is 10.0 Å². The van der Waals surface area contributed by atoms with E-state index in [4.69, 9.17) is 4.74 Å². The maximum Gasteiger partial charge on any atom is 0.317 e. The van der Waals surface area contributed by atoms with Crippen molar-refractivity contribution >= 4 is 27.6 Å². The van der Waals surface area contributed by atoms with Gasteiger partial charge >= 0.3 is 6.03 Å². The molecule has 1 fully saturated rings. The van der Waals surface area contributed by atoms with Crippen LogP contribution in [-0.2, 0) is 10.0 Å². The molecule has 2 aromatic rings. The number of likely N-dealkylation sites (N-methyl/N-ethyl adjacent to an activating group) is 1. The molecule has 1 aliphatic heterocycles. The van der Waals surface area contributed by atoms with Gasteiger partial charge in [-0.1, -0.05) is 43.9 Å². The van der Waals surface area contributed by atoms with Crippen molar-refractivity contribution < 1.29 is 27.9 Å². The van der Waals surface area contributed by atoms with E-state index in [1.807, 2.05) is 13.8 Å². The predicted octanol–water partition coefficient (Wildman–Crippen LogP) is 3.99. The van der Waals surface area contributed by atoms with E-state index >= 15 is 0 Å². The van der Waals surface area contributed by atoms with E-state index in [1.165, 1.54) is 24.6 Å². The number of aliphatic hydroxyl groups is 1. The SMILES string of the molecule is Cc1ccc(S(=O)(=O)Nc2ccc3c(c2)C(=O)N([C@@H](C)CO)C[C@H](C)[C@H](CN(C)C(=O)NC2CCCCC2)O3)cc1. The predicted molar refractivity (Wildman–Crippen MR) is 158 cm³/mol. The van der Waals surface area contributed by atoms with Crippen LogP contribution in [0.3, 0.4) is 0 Å². The van der Waals surface area contributed by atoms with Crippen molar-refractivity contribution in [1.29, 1.82) is 0 Å². The number of nitrogens with one attached hydrogen (secondary N) is 2. The summed E-state index contributed by atoms with van der Waals surface area (Å²) in [7, 11) is -2.16. The fourth-order valence-electron chi connectivity index (χ4n) is 5.32. The summed E-state index contributed by atoms with van der Waals surface area (Å²) in [6.07, 6.45) is 4.94. The van der Waals surface area contributed by atoms with Crippen LogP contribution in [0.4, 0.5) is 10.5 Å². The quantitative estimate of drug-likeness (QED) is 0.429. The number of urea groups is 1. The molecule has 3 atom stereocenters. The third-order valence-electron chi connectivity index (χ3n) is 7.98. The number of carbonyl (C=O) groups is 2. The van der Waals surface area contributed by atoms with Crippen LogP contribution < -0.4 is 14.8 Å². The lowest BCUT2D eigenvalue weighted by atomic mass is 9.96. The lowest BCUT2D eigenvalue weighted by Gasteiger charge is -2.38. The summed E-state index contributed by atoms with van der Waals surface area (Å²) in [5.74, 6) is -0.238. The second kappa shape index (κ2) is 13.1. The first-order valence-corrected chi connectivity index (χ1v) is 15.8. The fourth-order valence-corrected chi connectivity index (χ4v) is 6.37. The first kappa shape index (κ1) is 30.6. The average Bonchev–Trinajstić information content (AvgIpc) is 2.95. The van der Waals surface area contributed by atoms with Crippen LogP contribution in [0.2, 0.25) is 0 Å². The van der Waals surface area contributed by atoms with Crippen LogP contribution in [0.5, 0.6) is 5.75 Å². The maximum atomic E-state index is 13.7. The molecular weight excluding hydrogens is 544 g/mol. The molecule has 0 saturated heterocycles. The molecule has 41 heavy (non-hydrogen) atoms. The molecule has 224 valence electrons. The van der Waals surface area contributed by atoms with Gasteiger partial charge in [-0.05, 0) is 57.0 Å². The Labute approximate surface area is 243 Å². The molecule has 0 radical (unpaired) electrons. The maximum absolute atomic E-state index is 13.7. The van der Waals surface area contributed by atoms with Crippen molar-refractivity contribution in [1.82, 2.24) is 15.1 Å². The average molecular weight is 587 g/mol. The van der Waals surface area contributed by atoms with Gasteiger partial charge < -0.3 is 25.0 Å². The molecule has 2 aliphatic rings. The smallest absolute Gasteiger partial charge is 0.317 e. The molecular formula is C30H42N4O6S. The molecule has 11 heteroatoms. The van der Waals surface area contributed by atoms with Gasteiger partial charge in [0.25, 0.3) is 15.9 Å². The van der Waals surface area contributed by atoms with Gasteiger partial charge in [0.15, 0.2) is 0 Å². The number of nitrogens with zero attached hydrogens (tertiary/aromatic N) is 2. The van der Waals surface area contributed by atoms with Crippen LogP contribution in [-0.4, -0.2) is 80.2 Å². The molecule has 3 amide bonds. The Morgan fingerprint density at radius 3 is 2.49 bits per heavy atom. The molecule has 0 spiro atoms. The highest BCUT2D eigenvalue weighted by molar-refractivity contribution is 7.92. The summed E-state index contributed by atoms with van der Waals surface area (Å²) in [4.78, 5) is 30.0. The fraction of sp³-hybridized carbons (Fsp3) is 0.533. The Bertz CT molecular complexity index is 1330. The zero-order valence-electron chi connectivity index (χ0n) is 24.3. The number of fused-ring (bicyclic) bond motifs is 1. The Morgan fingerprint density at radius 1 is 1.15 bits per heavy atom. The number of anilines is 1. The number of aliphatic hydroxyl groups excluding tert-OH is 1. The first-order valence-electron chi connectivity index (χ1n) is 14.3. The highest BCUT2D eigenvalue weighted by atomic mass is 32.2. The molecule has 4 rings (SSSR count). The van der Waals surface area contributed by atoms with E-state index in [9.17, 15) is 23.1 Å². The van der Waals surface area contributed by atoms with Gasteiger partial charge in [-0.3, -0.25) is 9.52 Å². The summed E-state index contributed by atoms with van der Waals surface area (Å²) >= 11 is 0. The van der Waals surface area contributed by atoms with Crippen LogP contribution >= 0.6 is 0 Å². The molecule has 3 N–H and O–H groups in total. The van der Waals surface area contributed by atoms with Gasteiger partial charge in [0.05, 0.1) is 29.7 Å². The molecule has 10 nitrogen and oxygen atoms in total. The lowest BCUT2D eigenvalue weighted by molar-refractivity contribution is 0.0366. The number of hydrogen-bond acceptors (Lipinski definition) is 6. The van der Waals surface area contributed by atoms with Crippen molar-refractivity contribution in [2.45, 2.75) is 76.0 Å². The van der Waals surface area contributed by atoms with E-state index in [0.717, 1.165) is 31.2 Å². The molecule has 1 saturated carbocycles. The van der Waals surface area contributed by atoms with Crippen LogP contribution in [0.1, 0.15) is 61.9 Å². The van der Waals surface area contributed by atoms with Gasteiger partial charge in [0, 0.05) is 31.2 Å². The number of amides is 3.